The number of ether oxygens (including phenoxy) is 1. The van der Waals surface area contributed by atoms with E-state index in [-0.39, 0.29) is 0 Å². The van der Waals surface area contributed by atoms with Crippen molar-refractivity contribution in [1.82, 2.24) is 9.78 Å². The highest BCUT2D eigenvalue weighted by molar-refractivity contribution is 5.50. The first-order valence-electron chi connectivity index (χ1n) is 6.73. The Morgan fingerprint density at radius 3 is 2.53 bits per heavy atom. The highest BCUT2D eigenvalue weighted by Gasteiger charge is 2.26. The quantitative estimate of drug-likeness (QED) is 0.873. The van der Waals surface area contributed by atoms with Crippen LogP contribution in [0.5, 0.6) is 5.75 Å². The summed E-state index contributed by atoms with van der Waals surface area (Å²) in [5.41, 5.74) is 7.07. The van der Waals surface area contributed by atoms with Crippen LogP contribution >= 0.6 is 0 Å². The smallest absolute Gasteiger partial charge is 0.183 e. The SMILES string of the molecule is Cc1nn(C2CCC2)c(N)c1OCC1CCC1. The number of nitrogens with zero attached hydrogens (tertiary/aromatic N) is 2. The summed E-state index contributed by atoms with van der Waals surface area (Å²) >= 11 is 0. The molecule has 1 aromatic rings. The molecule has 2 saturated carbocycles. The van der Waals surface area contributed by atoms with E-state index in [1.54, 1.807) is 0 Å². The molecule has 0 spiro atoms. The minimum Gasteiger partial charge on any atom is -0.488 e. The number of aromatic nitrogens is 2. The number of hydrogen-bond acceptors (Lipinski definition) is 3. The van der Waals surface area contributed by atoms with E-state index in [0.29, 0.717) is 6.04 Å². The average molecular weight is 235 g/mol. The number of rotatable bonds is 4. The van der Waals surface area contributed by atoms with Gasteiger partial charge in [0, 0.05) is 0 Å². The van der Waals surface area contributed by atoms with Gasteiger partial charge in [0.15, 0.2) is 11.6 Å². The topological polar surface area (TPSA) is 53.1 Å². The zero-order valence-corrected chi connectivity index (χ0v) is 10.5. The molecule has 0 aliphatic heterocycles. The van der Waals surface area contributed by atoms with Crippen molar-refractivity contribution in [1.29, 1.82) is 0 Å². The molecule has 1 aromatic heterocycles. The van der Waals surface area contributed by atoms with Crippen molar-refractivity contribution in [3.05, 3.63) is 5.69 Å². The number of nitrogen functional groups attached to an aromatic ring is 1. The van der Waals surface area contributed by atoms with Crippen molar-refractivity contribution in [3.8, 4) is 5.75 Å². The molecule has 0 aromatic carbocycles. The van der Waals surface area contributed by atoms with Crippen molar-refractivity contribution in [2.45, 2.75) is 51.5 Å². The largest absolute Gasteiger partial charge is 0.488 e. The summed E-state index contributed by atoms with van der Waals surface area (Å²) in [6, 6.07) is 0.509. The van der Waals surface area contributed by atoms with E-state index in [1.165, 1.54) is 38.5 Å². The summed E-state index contributed by atoms with van der Waals surface area (Å²) < 4.78 is 7.83. The fourth-order valence-electron chi connectivity index (χ4n) is 2.50. The van der Waals surface area contributed by atoms with Gasteiger partial charge in [0.2, 0.25) is 0 Å². The first kappa shape index (κ1) is 10.9. The molecule has 2 aliphatic rings. The van der Waals surface area contributed by atoms with Crippen LogP contribution in [0.15, 0.2) is 0 Å². The second kappa shape index (κ2) is 4.24. The van der Waals surface area contributed by atoms with Gasteiger partial charge in [0.1, 0.15) is 5.69 Å². The summed E-state index contributed by atoms with van der Waals surface area (Å²) in [6.07, 6.45) is 7.65. The Kier molecular flexibility index (Phi) is 2.73. The molecule has 0 bridgehead atoms. The molecule has 4 nitrogen and oxygen atoms in total. The highest BCUT2D eigenvalue weighted by Crippen LogP contribution is 2.37. The fourth-order valence-corrected chi connectivity index (χ4v) is 2.50. The van der Waals surface area contributed by atoms with E-state index in [0.717, 1.165) is 29.8 Å². The van der Waals surface area contributed by atoms with Crippen molar-refractivity contribution < 1.29 is 4.74 Å². The van der Waals surface area contributed by atoms with Crippen molar-refractivity contribution in [3.63, 3.8) is 0 Å². The molecule has 0 amide bonds. The number of nitrogens with two attached hydrogens (primary N) is 1. The lowest BCUT2D eigenvalue weighted by atomic mass is 9.86. The van der Waals surface area contributed by atoms with Gasteiger partial charge in [0.25, 0.3) is 0 Å². The molecule has 0 unspecified atom stereocenters. The standard InChI is InChI=1S/C13H21N3O/c1-9-12(17-8-10-4-2-5-10)13(14)16(15-9)11-6-3-7-11/h10-11H,2-8,14H2,1H3. The minimum absolute atomic E-state index is 0.509. The van der Waals surface area contributed by atoms with E-state index in [9.17, 15) is 0 Å². The second-order valence-corrected chi connectivity index (χ2v) is 5.44. The van der Waals surface area contributed by atoms with Gasteiger partial charge in [-0.05, 0) is 44.9 Å². The third-order valence-electron chi connectivity index (χ3n) is 4.17. The van der Waals surface area contributed by atoms with E-state index < -0.39 is 0 Å². The molecule has 3 rings (SSSR count). The van der Waals surface area contributed by atoms with Crippen LogP contribution in [0.3, 0.4) is 0 Å². The van der Waals surface area contributed by atoms with E-state index in [4.69, 9.17) is 10.5 Å². The van der Waals surface area contributed by atoms with Gasteiger partial charge >= 0.3 is 0 Å². The maximum atomic E-state index is 6.14. The van der Waals surface area contributed by atoms with Crippen molar-refractivity contribution in [2.24, 2.45) is 5.92 Å². The number of hydrogen-bond donors (Lipinski definition) is 1. The lowest BCUT2D eigenvalue weighted by Crippen LogP contribution is -2.21. The van der Waals surface area contributed by atoms with Gasteiger partial charge < -0.3 is 10.5 Å². The molecule has 17 heavy (non-hydrogen) atoms. The molecular formula is C13H21N3O. The van der Waals surface area contributed by atoms with Crippen molar-refractivity contribution >= 4 is 5.82 Å². The summed E-state index contributed by atoms with van der Waals surface area (Å²) in [7, 11) is 0. The normalized spacial score (nSPS) is 21.0. The summed E-state index contributed by atoms with van der Waals surface area (Å²) in [4.78, 5) is 0. The molecule has 1 heterocycles. The molecule has 2 fully saturated rings. The Balaban J connectivity index is 1.71. The fraction of sp³-hybridized carbons (Fsp3) is 0.769. The van der Waals surface area contributed by atoms with Gasteiger partial charge in [-0.25, -0.2) is 4.68 Å². The van der Waals surface area contributed by atoms with Crippen LogP contribution in [0, 0.1) is 12.8 Å². The van der Waals surface area contributed by atoms with Gasteiger partial charge in [-0.1, -0.05) is 6.42 Å². The molecule has 2 N–H and O–H groups in total. The molecule has 0 atom stereocenters. The third-order valence-corrected chi connectivity index (χ3v) is 4.17. The van der Waals surface area contributed by atoms with Crippen molar-refractivity contribution in [2.75, 3.05) is 12.3 Å². The predicted octanol–water partition coefficient (Wildman–Crippen LogP) is 2.68. The van der Waals surface area contributed by atoms with Crippen LogP contribution in [0.2, 0.25) is 0 Å². The molecule has 0 saturated heterocycles. The zero-order chi connectivity index (χ0) is 11.8. The molecular weight excluding hydrogens is 214 g/mol. The second-order valence-electron chi connectivity index (χ2n) is 5.44. The Labute approximate surface area is 102 Å². The van der Waals surface area contributed by atoms with Gasteiger partial charge in [-0.15, -0.1) is 0 Å². The highest BCUT2D eigenvalue weighted by atomic mass is 16.5. The van der Waals surface area contributed by atoms with Gasteiger partial charge in [-0.3, -0.25) is 0 Å². The first-order chi connectivity index (χ1) is 8.25. The maximum Gasteiger partial charge on any atom is 0.183 e. The lowest BCUT2D eigenvalue weighted by Gasteiger charge is -2.27. The Morgan fingerprint density at radius 2 is 2.00 bits per heavy atom. The van der Waals surface area contributed by atoms with E-state index >= 15 is 0 Å². The Hall–Kier alpha value is -1.19. The van der Waals surface area contributed by atoms with Crippen LogP contribution in [-0.2, 0) is 0 Å². The van der Waals surface area contributed by atoms with E-state index in [1.807, 2.05) is 11.6 Å². The first-order valence-corrected chi connectivity index (χ1v) is 6.73. The van der Waals surface area contributed by atoms with Crippen LogP contribution in [-0.4, -0.2) is 16.4 Å². The van der Waals surface area contributed by atoms with Crippen LogP contribution in [0.1, 0.15) is 50.3 Å². The van der Waals surface area contributed by atoms with Crippen LogP contribution < -0.4 is 10.5 Å². The average Bonchev–Trinajstić information content (AvgIpc) is 2.40. The third kappa shape index (κ3) is 1.90. The zero-order valence-electron chi connectivity index (χ0n) is 10.5. The molecule has 0 radical (unpaired) electrons. The van der Waals surface area contributed by atoms with E-state index in [2.05, 4.69) is 5.10 Å². The minimum atomic E-state index is 0.509. The van der Waals surface area contributed by atoms with Gasteiger partial charge in [-0.2, -0.15) is 5.10 Å². The summed E-state index contributed by atoms with van der Waals surface area (Å²) in [5, 5.41) is 4.52. The van der Waals surface area contributed by atoms with Crippen LogP contribution in [0.4, 0.5) is 5.82 Å². The molecule has 4 heteroatoms. The summed E-state index contributed by atoms with van der Waals surface area (Å²) in [5.74, 6) is 2.29. The monoisotopic (exact) mass is 235 g/mol. The lowest BCUT2D eigenvalue weighted by molar-refractivity contribution is 0.180. The number of anilines is 1. The molecule has 2 aliphatic carbocycles. The Morgan fingerprint density at radius 1 is 1.29 bits per heavy atom. The van der Waals surface area contributed by atoms with Gasteiger partial charge in [0.05, 0.1) is 12.6 Å². The summed E-state index contributed by atoms with van der Waals surface area (Å²) in [6.45, 7) is 2.79. The Bertz CT molecular complexity index is 405. The number of aryl methyl sites for hydroxylation is 1. The molecule has 94 valence electrons. The predicted molar refractivity (Wildman–Crippen MR) is 67.1 cm³/mol. The van der Waals surface area contributed by atoms with Crippen LogP contribution in [0.25, 0.3) is 0 Å². The maximum absolute atomic E-state index is 6.14.